The molecule has 0 spiro atoms. The zero-order valence-corrected chi connectivity index (χ0v) is 17.0. The lowest BCUT2D eigenvalue weighted by atomic mass is 10.2. The molecular formula is C17H17F3N2O6S2. The first kappa shape index (κ1) is 22.4. The van der Waals surface area contributed by atoms with Gasteiger partial charge in [-0.1, -0.05) is 11.8 Å². The molecule has 0 saturated carbocycles. The van der Waals surface area contributed by atoms with Crippen LogP contribution in [0, 0.1) is 0 Å². The van der Waals surface area contributed by atoms with E-state index in [-0.39, 0.29) is 41.2 Å². The topological polar surface area (TPSA) is 113 Å². The van der Waals surface area contributed by atoms with Crippen LogP contribution in [0.2, 0.25) is 0 Å². The fourth-order valence-electron chi connectivity index (χ4n) is 3.23. The highest BCUT2D eigenvalue weighted by Crippen LogP contribution is 2.41. The van der Waals surface area contributed by atoms with Gasteiger partial charge in [-0.05, 0) is 30.7 Å². The van der Waals surface area contributed by atoms with Gasteiger partial charge in [0.05, 0.1) is 17.5 Å². The van der Waals surface area contributed by atoms with E-state index < -0.39 is 39.9 Å². The van der Waals surface area contributed by atoms with E-state index in [0.29, 0.717) is 5.69 Å². The molecule has 0 aliphatic carbocycles. The van der Waals surface area contributed by atoms with E-state index >= 15 is 0 Å². The molecular weight excluding hydrogens is 449 g/mol. The lowest BCUT2D eigenvalue weighted by Gasteiger charge is -2.24. The van der Waals surface area contributed by atoms with Crippen molar-refractivity contribution < 1.29 is 41.0 Å². The summed E-state index contributed by atoms with van der Waals surface area (Å²) in [6, 6.07) is 4.34. The first-order valence-electron chi connectivity index (χ1n) is 8.79. The van der Waals surface area contributed by atoms with Crippen LogP contribution in [0.1, 0.15) is 19.3 Å². The first-order chi connectivity index (χ1) is 13.9. The summed E-state index contributed by atoms with van der Waals surface area (Å²) in [6.45, 7) is 0. The number of aliphatic imine (C=N–C) groups is 1. The molecule has 2 saturated heterocycles. The summed E-state index contributed by atoms with van der Waals surface area (Å²) in [4.78, 5) is 28.2. The summed E-state index contributed by atoms with van der Waals surface area (Å²) < 4.78 is 65.0. The van der Waals surface area contributed by atoms with Crippen LogP contribution in [0.25, 0.3) is 0 Å². The number of hydrogen-bond donors (Lipinski definition) is 1. The van der Waals surface area contributed by atoms with E-state index in [1.807, 2.05) is 0 Å². The molecule has 1 amide bonds. The van der Waals surface area contributed by atoms with Crippen molar-refractivity contribution in [2.24, 2.45) is 4.99 Å². The van der Waals surface area contributed by atoms with Gasteiger partial charge in [-0.25, -0.2) is 8.42 Å². The van der Waals surface area contributed by atoms with Crippen LogP contribution in [-0.2, 0) is 19.4 Å². The number of carboxylic acid groups (broad SMARTS) is 1. The number of alkyl halides is 3. The van der Waals surface area contributed by atoms with E-state index in [1.165, 1.54) is 17.0 Å². The van der Waals surface area contributed by atoms with E-state index in [1.54, 1.807) is 0 Å². The van der Waals surface area contributed by atoms with Crippen LogP contribution in [0.5, 0.6) is 5.75 Å². The van der Waals surface area contributed by atoms with Gasteiger partial charge in [-0.2, -0.15) is 4.99 Å². The lowest BCUT2D eigenvalue weighted by molar-refractivity contribution is -0.274. The number of amidine groups is 1. The van der Waals surface area contributed by atoms with Crippen molar-refractivity contribution in [1.82, 2.24) is 0 Å². The molecule has 1 N–H and O–H groups in total. The Morgan fingerprint density at radius 2 is 1.87 bits per heavy atom. The average molecular weight is 466 g/mol. The molecule has 0 aromatic heterocycles. The number of rotatable bonds is 6. The summed E-state index contributed by atoms with van der Waals surface area (Å²) in [5, 5.41) is 8.53. The number of thioether (sulfide) groups is 1. The fourth-order valence-corrected chi connectivity index (χ4v) is 7.16. The molecule has 0 unspecified atom stereocenters. The number of aliphatic carboxylic acids is 1. The smallest absolute Gasteiger partial charge is 0.481 e. The number of sulfone groups is 1. The van der Waals surface area contributed by atoms with Crippen LogP contribution >= 0.6 is 11.8 Å². The first-order valence-corrected chi connectivity index (χ1v) is 11.5. The standard InChI is InChI=1S/C17H17F3N2O6S2/c18-17(19,20)28-11-6-4-10(5-7-11)22-12-8-30(26,27)9-13(12)29-16(22)21-14(23)2-1-3-15(24)25/h4-7,12-13H,1-3,8-9H2,(H,24,25)/t12-,13+/m0/s1. The second-order valence-corrected chi connectivity index (χ2v) is 10.1. The largest absolute Gasteiger partial charge is 0.573 e. The maximum atomic E-state index is 12.4. The van der Waals surface area contributed by atoms with Crippen LogP contribution in [-0.4, -0.2) is 59.7 Å². The molecule has 8 nitrogen and oxygen atoms in total. The lowest BCUT2D eigenvalue weighted by Crippen LogP contribution is -2.37. The third-order valence-corrected chi connectivity index (χ3v) is 7.63. The predicted molar refractivity (Wildman–Crippen MR) is 103 cm³/mol. The number of nitrogens with zero attached hydrogens (tertiary/aromatic N) is 2. The minimum Gasteiger partial charge on any atom is -0.481 e. The second-order valence-electron chi connectivity index (χ2n) is 6.75. The number of anilines is 1. The van der Waals surface area contributed by atoms with Gasteiger partial charge >= 0.3 is 12.3 Å². The molecule has 2 aliphatic heterocycles. The van der Waals surface area contributed by atoms with Gasteiger partial charge in [0.2, 0.25) is 5.91 Å². The molecule has 13 heteroatoms. The predicted octanol–water partition coefficient (Wildman–Crippen LogP) is 2.44. The van der Waals surface area contributed by atoms with Crippen molar-refractivity contribution in [3.05, 3.63) is 24.3 Å². The molecule has 30 heavy (non-hydrogen) atoms. The number of fused-ring (bicyclic) bond motifs is 1. The Labute approximate surface area is 174 Å². The quantitative estimate of drug-likeness (QED) is 0.680. The van der Waals surface area contributed by atoms with Gasteiger partial charge in [-0.15, -0.1) is 13.2 Å². The molecule has 2 aliphatic rings. The highest BCUT2D eigenvalue weighted by atomic mass is 32.2. The van der Waals surface area contributed by atoms with Gasteiger partial charge in [0.15, 0.2) is 15.0 Å². The SMILES string of the molecule is O=C(O)CCCC(=O)N=C1S[C@@H]2CS(=O)(=O)C[C@@H]2N1c1ccc(OC(F)(F)F)cc1. The molecule has 2 heterocycles. The maximum Gasteiger partial charge on any atom is 0.573 e. The summed E-state index contributed by atoms with van der Waals surface area (Å²) in [7, 11) is -3.30. The fraction of sp³-hybridized carbons (Fsp3) is 0.471. The van der Waals surface area contributed by atoms with Crippen molar-refractivity contribution >= 4 is 44.3 Å². The van der Waals surface area contributed by atoms with E-state index in [4.69, 9.17) is 5.11 Å². The Kier molecular flexibility index (Phi) is 6.32. The highest BCUT2D eigenvalue weighted by molar-refractivity contribution is 8.16. The number of amides is 1. The molecule has 1 aromatic carbocycles. The van der Waals surface area contributed by atoms with Crippen LogP contribution in [0.15, 0.2) is 29.3 Å². The van der Waals surface area contributed by atoms with Crippen molar-refractivity contribution in [3.63, 3.8) is 0 Å². The number of carbonyl (C=O) groups is 2. The molecule has 0 radical (unpaired) electrons. The summed E-state index contributed by atoms with van der Waals surface area (Å²) in [5.41, 5.74) is 0.374. The Hall–Kier alpha value is -2.28. The Bertz CT molecular complexity index is 963. The van der Waals surface area contributed by atoms with E-state index in [9.17, 15) is 31.2 Å². The zero-order valence-electron chi connectivity index (χ0n) is 15.3. The summed E-state index contributed by atoms with van der Waals surface area (Å²) >= 11 is 1.12. The number of hydrogen-bond acceptors (Lipinski definition) is 6. The second kappa shape index (κ2) is 8.46. The Morgan fingerprint density at radius 3 is 2.47 bits per heavy atom. The Morgan fingerprint density at radius 1 is 1.20 bits per heavy atom. The zero-order chi connectivity index (χ0) is 22.1. The monoisotopic (exact) mass is 466 g/mol. The molecule has 2 fully saturated rings. The van der Waals surface area contributed by atoms with Crippen LogP contribution in [0.3, 0.4) is 0 Å². The molecule has 3 rings (SSSR count). The van der Waals surface area contributed by atoms with Gasteiger partial charge in [0.25, 0.3) is 0 Å². The van der Waals surface area contributed by atoms with Crippen molar-refractivity contribution in [2.45, 2.75) is 36.9 Å². The normalized spacial score (nSPS) is 24.1. The average Bonchev–Trinajstić information content (AvgIpc) is 3.05. The van der Waals surface area contributed by atoms with E-state index in [2.05, 4.69) is 9.73 Å². The molecule has 164 valence electrons. The number of benzene rings is 1. The number of halogens is 3. The van der Waals surface area contributed by atoms with Crippen LogP contribution < -0.4 is 9.64 Å². The summed E-state index contributed by atoms with van der Waals surface area (Å²) in [6.07, 6.45) is -5.00. The van der Waals surface area contributed by atoms with Gasteiger partial charge in [0.1, 0.15) is 5.75 Å². The number of ether oxygens (including phenoxy) is 1. The number of carboxylic acids is 1. The van der Waals surface area contributed by atoms with Gasteiger partial charge in [0, 0.05) is 23.8 Å². The third kappa shape index (κ3) is 5.65. The minimum atomic E-state index is -4.84. The van der Waals surface area contributed by atoms with Crippen LogP contribution in [0.4, 0.5) is 18.9 Å². The van der Waals surface area contributed by atoms with Crippen molar-refractivity contribution in [1.29, 1.82) is 0 Å². The maximum absolute atomic E-state index is 12.4. The summed E-state index contributed by atoms with van der Waals surface area (Å²) in [5.74, 6) is -2.29. The van der Waals surface area contributed by atoms with E-state index in [0.717, 1.165) is 23.9 Å². The third-order valence-electron chi connectivity index (χ3n) is 4.42. The number of carbonyl (C=O) groups excluding carboxylic acids is 1. The minimum absolute atomic E-state index is 0.0871. The molecule has 2 atom stereocenters. The van der Waals surface area contributed by atoms with Gasteiger partial charge in [-0.3, -0.25) is 9.59 Å². The molecule has 1 aromatic rings. The Balaban J connectivity index is 1.83. The highest BCUT2D eigenvalue weighted by Gasteiger charge is 2.49. The van der Waals surface area contributed by atoms with Crippen molar-refractivity contribution in [2.75, 3.05) is 16.4 Å². The molecule has 0 bridgehead atoms. The van der Waals surface area contributed by atoms with Crippen molar-refractivity contribution in [3.8, 4) is 5.75 Å². The van der Waals surface area contributed by atoms with Gasteiger partial charge < -0.3 is 14.7 Å².